The van der Waals surface area contributed by atoms with E-state index in [1.165, 1.54) is 5.56 Å². The molecule has 0 aliphatic carbocycles. The van der Waals surface area contributed by atoms with E-state index in [1.807, 2.05) is 38.1 Å². The number of rotatable bonds is 4. The molecule has 0 saturated heterocycles. The van der Waals surface area contributed by atoms with Gasteiger partial charge in [-0.3, -0.25) is 9.69 Å². The summed E-state index contributed by atoms with van der Waals surface area (Å²) in [7, 11) is 0. The normalized spacial score (nSPS) is 14.0. The highest BCUT2D eigenvalue weighted by Gasteiger charge is 2.28. The van der Waals surface area contributed by atoms with E-state index in [2.05, 4.69) is 5.32 Å². The van der Waals surface area contributed by atoms with Crippen molar-refractivity contribution in [1.29, 1.82) is 0 Å². The van der Waals surface area contributed by atoms with Gasteiger partial charge in [-0.25, -0.2) is 4.79 Å². The molecule has 0 saturated carbocycles. The van der Waals surface area contributed by atoms with Gasteiger partial charge in [0.25, 0.3) is 0 Å². The van der Waals surface area contributed by atoms with E-state index in [4.69, 9.17) is 5.11 Å². The number of para-hydroxylation sites is 1. The molecule has 1 aliphatic rings. The molecule has 0 aromatic heterocycles. The van der Waals surface area contributed by atoms with Crippen LogP contribution < -0.4 is 10.2 Å². The average molecular weight is 276 g/mol. The number of urea groups is 1. The van der Waals surface area contributed by atoms with E-state index in [1.54, 1.807) is 4.90 Å². The SMILES string of the molecule is CC(C)(CCC(=O)O)NC(=O)N1CCc2ccccc21. The van der Waals surface area contributed by atoms with Gasteiger partial charge < -0.3 is 10.4 Å². The highest BCUT2D eigenvalue weighted by atomic mass is 16.4. The Labute approximate surface area is 118 Å². The molecule has 0 spiro atoms. The standard InChI is InChI=1S/C15H20N2O3/c1-15(2,9-7-13(18)19)16-14(20)17-10-8-11-5-3-4-6-12(11)17/h3-6H,7-10H2,1-2H3,(H,16,20)(H,18,19). The molecule has 1 heterocycles. The molecule has 0 radical (unpaired) electrons. The summed E-state index contributed by atoms with van der Waals surface area (Å²) in [5.41, 5.74) is 1.58. The first-order valence-electron chi connectivity index (χ1n) is 6.78. The molecule has 0 atom stereocenters. The molecular formula is C15H20N2O3. The quantitative estimate of drug-likeness (QED) is 0.887. The van der Waals surface area contributed by atoms with Crippen LogP contribution in [0.5, 0.6) is 0 Å². The van der Waals surface area contributed by atoms with Crippen molar-refractivity contribution < 1.29 is 14.7 Å². The van der Waals surface area contributed by atoms with Gasteiger partial charge in [-0.2, -0.15) is 0 Å². The number of fused-ring (bicyclic) bond motifs is 1. The Morgan fingerprint density at radius 3 is 2.75 bits per heavy atom. The molecule has 0 bridgehead atoms. The van der Waals surface area contributed by atoms with Crippen molar-refractivity contribution >= 4 is 17.7 Å². The van der Waals surface area contributed by atoms with E-state index in [9.17, 15) is 9.59 Å². The highest BCUT2D eigenvalue weighted by molar-refractivity contribution is 5.94. The zero-order valence-electron chi connectivity index (χ0n) is 11.8. The number of aliphatic carboxylic acids is 1. The lowest BCUT2D eigenvalue weighted by molar-refractivity contribution is -0.137. The second-order valence-corrected chi connectivity index (χ2v) is 5.74. The summed E-state index contributed by atoms with van der Waals surface area (Å²) in [6, 6.07) is 7.69. The van der Waals surface area contributed by atoms with Crippen molar-refractivity contribution in [3.63, 3.8) is 0 Å². The second kappa shape index (κ2) is 5.53. The third kappa shape index (κ3) is 3.29. The Bertz CT molecular complexity index is 526. The number of carboxylic acid groups (broad SMARTS) is 1. The monoisotopic (exact) mass is 276 g/mol. The van der Waals surface area contributed by atoms with E-state index in [0.717, 1.165) is 12.1 Å². The minimum absolute atomic E-state index is 0.0455. The van der Waals surface area contributed by atoms with Crippen molar-refractivity contribution in [2.75, 3.05) is 11.4 Å². The van der Waals surface area contributed by atoms with Gasteiger partial charge >= 0.3 is 12.0 Å². The van der Waals surface area contributed by atoms with Crippen molar-refractivity contribution in [3.05, 3.63) is 29.8 Å². The van der Waals surface area contributed by atoms with Crippen LogP contribution in [0.15, 0.2) is 24.3 Å². The fourth-order valence-electron chi connectivity index (χ4n) is 2.39. The first-order valence-corrected chi connectivity index (χ1v) is 6.78. The third-order valence-electron chi connectivity index (χ3n) is 3.54. The molecule has 0 unspecified atom stereocenters. The Kier molecular flexibility index (Phi) is 3.97. The Balaban J connectivity index is 2.01. The summed E-state index contributed by atoms with van der Waals surface area (Å²) >= 11 is 0. The first-order chi connectivity index (χ1) is 9.39. The van der Waals surface area contributed by atoms with E-state index in [0.29, 0.717) is 13.0 Å². The van der Waals surface area contributed by atoms with Crippen LogP contribution in [0.2, 0.25) is 0 Å². The van der Waals surface area contributed by atoms with Gasteiger partial charge in [-0.05, 0) is 38.3 Å². The maximum absolute atomic E-state index is 12.3. The number of carbonyl (C=O) groups excluding carboxylic acids is 1. The lowest BCUT2D eigenvalue weighted by atomic mass is 9.99. The summed E-state index contributed by atoms with van der Waals surface area (Å²) in [4.78, 5) is 24.7. The van der Waals surface area contributed by atoms with Crippen LogP contribution in [0.1, 0.15) is 32.3 Å². The smallest absolute Gasteiger partial charge is 0.322 e. The van der Waals surface area contributed by atoms with Crippen molar-refractivity contribution in [1.82, 2.24) is 5.32 Å². The summed E-state index contributed by atoms with van der Waals surface area (Å²) < 4.78 is 0. The van der Waals surface area contributed by atoms with Crippen LogP contribution in [0.25, 0.3) is 0 Å². The number of anilines is 1. The number of benzene rings is 1. The van der Waals surface area contributed by atoms with Crippen LogP contribution in [0.3, 0.4) is 0 Å². The van der Waals surface area contributed by atoms with Gasteiger partial charge in [0.1, 0.15) is 0 Å². The predicted octanol–water partition coefficient (Wildman–Crippen LogP) is 2.40. The molecule has 1 aliphatic heterocycles. The zero-order valence-corrected chi connectivity index (χ0v) is 11.8. The number of hydrogen-bond acceptors (Lipinski definition) is 2. The number of nitrogens with zero attached hydrogens (tertiary/aromatic N) is 1. The number of carboxylic acids is 1. The molecule has 5 heteroatoms. The minimum atomic E-state index is -0.848. The topological polar surface area (TPSA) is 69.6 Å². The third-order valence-corrected chi connectivity index (χ3v) is 3.54. The molecular weight excluding hydrogens is 256 g/mol. The van der Waals surface area contributed by atoms with Gasteiger partial charge in [0.15, 0.2) is 0 Å². The minimum Gasteiger partial charge on any atom is -0.481 e. The number of amides is 2. The van der Waals surface area contributed by atoms with E-state index in [-0.39, 0.29) is 12.5 Å². The molecule has 2 N–H and O–H groups in total. The van der Waals surface area contributed by atoms with Crippen LogP contribution in [-0.2, 0) is 11.2 Å². The summed E-state index contributed by atoms with van der Waals surface area (Å²) in [6.07, 6.45) is 1.31. The predicted molar refractivity (Wildman–Crippen MR) is 77.0 cm³/mol. The first kappa shape index (κ1) is 14.4. The Morgan fingerprint density at radius 1 is 1.35 bits per heavy atom. The molecule has 108 valence electrons. The Morgan fingerprint density at radius 2 is 2.05 bits per heavy atom. The molecule has 5 nitrogen and oxygen atoms in total. The molecule has 0 fully saturated rings. The van der Waals surface area contributed by atoms with Gasteiger partial charge in [-0.15, -0.1) is 0 Å². The van der Waals surface area contributed by atoms with Gasteiger partial charge in [0, 0.05) is 24.2 Å². The highest BCUT2D eigenvalue weighted by Crippen LogP contribution is 2.27. The number of carbonyl (C=O) groups is 2. The summed E-state index contributed by atoms with van der Waals surface area (Å²) in [5.74, 6) is -0.848. The fraction of sp³-hybridized carbons (Fsp3) is 0.467. The second-order valence-electron chi connectivity index (χ2n) is 5.74. The van der Waals surface area contributed by atoms with Crippen molar-refractivity contribution in [2.24, 2.45) is 0 Å². The molecule has 1 aromatic carbocycles. The van der Waals surface area contributed by atoms with Crippen molar-refractivity contribution in [2.45, 2.75) is 38.6 Å². The maximum Gasteiger partial charge on any atom is 0.322 e. The maximum atomic E-state index is 12.3. The summed E-state index contributed by atoms with van der Waals surface area (Å²) in [5, 5.41) is 11.6. The van der Waals surface area contributed by atoms with Crippen LogP contribution >= 0.6 is 0 Å². The van der Waals surface area contributed by atoms with Crippen LogP contribution in [0, 0.1) is 0 Å². The largest absolute Gasteiger partial charge is 0.481 e. The van der Waals surface area contributed by atoms with Crippen molar-refractivity contribution in [3.8, 4) is 0 Å². The molecule has 1 aromatic rings. The molecule has 2 amide bonds. The van der Waals surface area contributed by atoms with E-state index < -0.39 is 11.5 Å². The summed E-state index contributed by atoms with van der Waals surface area (Å²) in [6.45, 7) is 4.35. The Hall–Kier alpha value is -2.04. The number of hydrogen-bond donors (Lipinski definition) is 2. The van der Waals surface area contributed by atoms with E-state index >= 15 is 0 Å². The van der Waals surface area contributed by atoms with Gasteiger partial charge in [-0.1, -0.05) is 18.2 Å². The molecule has 2 rings (SSSR count). The van der Waals surface area contributed by atoms with Gasteiger partial charge in [0.2, 0.25) is 0 Å². The van der Waals surface area contributed by atoms with Crippen LogP contribution in [-0.4, -0.2) is 29.2 Å². The number of nitrogens with one attached hydrogen (secondary N) is 1. The lowest BCUT2D eigenvalue weighted by Gasteiger charge is -2.29. The molecule has 20 heavy (non-hydrogen) atoms. The zero-order chi connectivity index (χ0) is 14.8. The fourth-order valence-corrected chi connectivity index (χ4v) is 2.39. The average Bonchev–Trinajstić information content (AvgIpc) is 2.80. The van der Waals surface area contributed by atoms with Gasteiger partial charge in [0.05, 0.1) is 0 Å². The lowest BCUT2D eigenvalue weighted by Crippen LogP contribution is -2.50. The van der Waals surface area contributed by atoms with Crippen LogP contribution in [0.4, 0.5) is 10.5 Å².